The molecule has 9 atom stereocenters. The molecule has 0 aromatic heterocycles. The summed E-state index contributed by atoms with van der Waals surface area (Å²) >= 11 is 1.82. The van der Waals surface area contributed by atoms with Gasteiger partial charge in [0.1, 0.15) is 0 Å². The van der Waals surface area contributed by atoms with Crippen LogP contribution in [-0.2, 0) is 4.74 Å². The van der Waals surface area contributed by atoms with Crippen LogP contribution in [0.25, 0.3) is 0 Å². The molecule has 34 heavy (non-hydrogen) atoms. The standard InChI is InChI=1S/C32H54OS/c1-21(2)22-10-13-25-29(22,5)16-18-32(8)26-14-11-23-24(30(26,6)17-19-31(25,32)7)12-15-27(28(23,3)4)33-20-34-9/h11,21-22,24-27H,10,12-20H2,1-9H3/t22?,24-,25-,26+,27?,29?,30?,31?,32?/m1/s1. The number of ether oxygens (including phenoxy) is 1. The number of rotatable bonds is 4. The lowest BCUT2D eigenvalue weighted by Crippen LogP contribution is -2.64. The monoisotopic (exact) mass is 486 g/mol. The van der Waals surface area contributed by atoms with Gasteiger partial charge in [-0.1, -0.05) is 67.0 Å². The zero-order chi connectivity index (χ0) is 24.7. The van der Waals surface area contributed by atoms with E-state index in [0.717, 1.165) is 35.5 Å². The number of thioether (sulfide) groups is 1. The van der Waals surface area contributed by atoms with Gasteiger partial charge in [0.05, 0.1) is 12.0 Å². The van der Waals surface area contributed by atoms with Gasteiger partial charge in [-0.05, 0) is 115 Å². The van der Waals surface area contributed by atoms with Gasteiger partial charge in [-0.25, -0.2) is 0 Å². The van der Waals surface area contributed by atoms with Crippen LogP contribution >= 0.6 is 11.8 Å². The van der Waals surface area contributed by atoms with Crippen molar-refractivity contribution in [3.8, 4) is 0 Å². The molecule has 0 heterocycles. The first-order chi connectivity index (χ1) is 15.9. The Labute approximate surface area is 216 Å². The summed E-state index contributed by atoms with van der Waals surface area (Å²) in [6, 6.07) is 0. The molecule has 0 aromatic carbocycles. The van der Waals surface area contributed by atoms with Crippen molar-refractivity contribution in [3.63, 3.8) is 0 Å². The highest BCUT2D eigenvalue weighted by molar-refractivity contribution is 7.98. The Balaban J connectivity index is 1.49. The molecular weight excluding hydrogens is 432 g/mol. The van der Waals surface area contributed by atoms with Gasteiger partial charge >= 0.3 is 0 Å². The Kier molecular flexibility index (Phi) is 6.25. The third-order valence-electron chi connectivity index (χ3n) is 13.6. The van der Waals surface area contributed by atoms with Gasteiger partial charge in [0.2, 0.25) is 0 Å². The minimum atomic E-state index is 0.176. The number of fused-ring (bicyclic) bond motifs is 7. The summed E-state index contributed by atoms with van der Waals surface area (Å²) in [7, 11) is 0. The zero-order valence-corrected chi connectivity index (χ0v) is 24.7. The summed E-state index contributed by atoms with van der Waals surface area (Å²) in [5, 5.41) is 0. The van der Waals surface area contributed by atoms with Crippen molar-refractivity contribution in [1.29, 1.82) is 0 Å². The first-order valence-corrected chi connectivity index (χ1v) is 16.1. The summed E-state index contributed by atoms with van der Waals surface area (Å²) in [5.74, 6) is 5.13. The van der Waals surface area contributed by atoms with Crippen LogP contribution in [0, 0.1) is 56.7 Å². The van der Waals surface area contributed by atoms with E-state index in [1.807, 2.05) is 11.8 Å². The molecule has 5 aliphatic rings. The van der Waals surface area contributed by atoms with Crippen molar-refractivity contribution in [1.82, 2.24) is 0 Å². The van der Waals surface area contributed by atoms with Crippen LogP contribution in [0.15, 0.2) is 11.6 Å². The molecule has 0 aliphatic heterocycles. The fourth-order valence-corrected chi connectivity index (χ4v) is 11.9. The topological polar surface area (TPSA) is 9.23 Å². The average molecular weight is 487 g/mol. The predicted octanol–water partition coefficient (Wildman–Crippen LogP) is 9.37. The van der Waals surface area contributed by atoms with E-state index in [4.69, 9.17) is 4.74 Å². The molecule has 1 nitrogen and oxygen atoms in total. The molecule has 6 unspecified atom stereocenters. The minimum Gasteiger partial charge on any atom is -0.367 e. The maximum Gasteiger partial charge on any atom is 0.0922 e. The van der Waals surface area contributed by atoms with E-state index in [-0.39, 0.29) is 5.41 Å². The fraction of sp³-hybridized carbons (Fsp3) is 0.938. The number of hydrogen-bond acceptors (Lipinski definition) is 2. The maximum atomic E-state index is 6.40. The SMILES string of the molecule is CSCOC1CC[C@@H]2C(=CC[C@H]3C2(C)CCC2(C)[C@@H]4CCC(C(C)C)C4(C)CCC32C)C1(C)C. The van der Waals surface area contributed by atoms with Gasteiger partial charge < -0.3 is 4.74 Å². The number of hydrogen-bond donors (Lipinski definition) is 0. The van der Waals surface area contributed by atoms with Crippen LogP contribution in [0.2, 0.25) is 0 Å². The molecule has 0 aromatic rings. The van der Waals surface area contributed by atoms with Gasteiger partial charge in [0.25, 0.3) is 0 Å². The lowest BCUT2D eigenvalue weighted by molar-refractivity contribution is -0.214. The highest BCUT2D eigenvalue weighted by Crippen LogP contribution is 2.77. The molecule has 5 rings (SSSR count). The summed E-state index contributed by atoms with van der Waals surface area (Å²) in [5.41, 5.74) is 3.96. The maximum absolute atomic E-state index is 6.40. The quantitative estimate of drug-likeness (QED) is 0.289. The lowest BCUT2D eigenvalue weighted by atomic mass is 9.33. The smallest absolute Gasteiger partial charge is 0.0922 e. The van der Waals surface area contributed by atoms with Gasteiger partial charge in [-0.15, -0.1) is 11.8 Å². The molecule has 5 aliphatic carbocycles. The van der Waals surface area contributed by atoms with E-state index in [0.29, 0.717) is 27.8 Å². The minimum absolute atomic E-state index is 0.176. The van der Waals surface area contributed by atoms with E-state index in [2.05, 4.69) is 67.7 Å². The normalized spacial score (nSPS) is 51.8. The molecule has 4 saturated carbocycles. The van der Waals surface area contributed by atoms with Crippen LogP contribution in [0.3, 0.4) is 0 Å². The highest BCUT2D eigenvalue weighted by atomic mass is 32.2. The van der Waals surface area contributed by atoms with Gasteiger partial charge in [0, 0.05) is 5.41 Å². The molecule has 4 fully saturated rings. The second kappa shape index (κ2) is 8.28. The zero-order valence-electron chi connectivity index (χ0n) is 23.9. The van der Waals surface area contributed by atoms with Crippen LogP contribution in [0.5, 0.6) is 0 Å². The number of allylic oxidation sites excluding steroid dienone is 1. The summed E-state index contributed by atoms with van der Waals surface area (Å²) in [6.45, 7) is 21.0. The highest BCUT2D eigenvalue weighted by Gasteiger charge is 2.70. The molecular formula is C32H54OS. The Bertz CT molecular complexity index is 829. The first kappa shape index (κ1) is 25.7. The van der Waals surface area contributed by atoms with Crippen LogP contribution < -0.4 is 0 Å². The molecule has 0 N–H and O–H groups in total. The fourth-order valence-electron chi connectivity index (χ4n) is 11.6. The Morgan fingerprint density at radius 3 is 2.15 bits per heavy atom. The average Bonchev–Trinajstić information content (AvgIpc) is 3.13. The second-order valence-corrected chi connectivity index (χ2v) is 16.0. The summed E-state index contributed by atoms with van der Waals surface area (Å²) < 4.78 is 6.40. The van der Waals surface area contributed by atoms with Crippen molar-refractivity contribution < 1.29 is 4.74 Å². The van der Waals surface area contributed by atoms with Crippen LogP contribution in [-0.4, -0.2) is 18.3 Å². The summed E-state index contributed by atoms with van der Waals surface area (Å²) in [6.07, 6.45) is 18.0. The third-order valence-corrected chi connectivity index (χ3v) is 14.0. The Morgan fingerprint density at radius 2 is 1.50 bits per heavy atom. The molecule has 0 bridgehead atoms. The third kappa shape index (κ3) is 3.21. The lowest BCUT2D eigenvalue weighted by Gasteiger charge is -2.71. The molecule has 0 saturated heterocycles. The second-order valence-electron chi connectivity index (χ2n) is 15.2. The van der Waals surface area contributed by atoms with Crippen LogP contribution in [0.1, 0.15) is 113 Å². The van der Waals surface area contributed by atoms with Gasteiger partial charge in [-0.2, -0.15) is 0 Å². The van der Waals surface area contributed by atoms with Crippen LogP contribution in [0.4, 0.5) is 0 Å². The molecule has 0 spiro atoms. The predicted molar refractivity (Wildman–Crippen MR) is 148 cm³/mol. The Morgan fingerprint density at radius 1 is 0.853 bits per heavy atom. The van der Waals surface area contributed by atoms with Crippen molar-refractivity contribution in [2.45, 2.75) is 119 Å². The van der Waals surface area contributed by atoms with Crippen molar-refractivity contribution in [2.24, 2.45) is 56.7 Å². The molecule has 0 radical (unpaired) electrons. The first-order valence-electron chi connectivity index (χ1n) is 14.7. The van der Waals surface area contributed by atoms with Gasteiger partial charge in [-0.3, -0.25) is 0 Å². The largest absolute Gasteiger partial charge is 0.367 e. The van der Waals surface area contributed by atoms with E-state index in [1.54, 1.807) is 5.57 Å². The van der Waals surface area contributed by atoms with Crippen molar-refractivity contribution in [2.75, 3.05) is 12.2 Å². The van der Waals surface area contributed by atoms with E-state index >= 15 is 0 Å². The van der Waals surface area contributed by atoms with Crippen molar-refractivity contribution in [3.05, 3.63) is 11.6 Å². The van der Waals surface area contributed by atoms with Crippen molar-refractivity contribution >= 4 is 11.8 Å². The van der Waals surface area contributed by atoms with E-state index in [1.165, 1.54) is 57.8 Å². The van der Waals surface area contributed by atoms with E-state index < -0.39 is 0 Å². The molecule has 2 heteroatoms. The molecule has 0 amide bonds. The van der Waals surface area contributed by atoms with E-state index in [9.17, 15) is 0 Å². The molecule has 194 valence electrons. The Hall–Kier alpha value is 0.0500. The summed E-state index contributed by atoms with van der Waals surface area (Å²) in [4.78, 5) is 0. The van der Waals surface area contributed by atoms with Gasteiger partial charge in [0.15, 0.2) is 0 Å².